The number of carbonyl (C=O) groups excluding carboxylic acids is 1. The van der Waals surface area contributed by atoms with Crippen LogP contribution in [-0.4, -0.2) is 5.91 Å². The van der Waals surface area contributed by atoms with E-state index in [2.05, 4.69) is 25.3 Å². The van der Waals surface area contributed by atoms with Crippen LogP contribution in [-0.2, 0) is 39.2 Å². The van der Waals surface area contributed by atoms with E-state index in [-0.39, 0.29) is 26.3 Å². The second-order valence-corrected chi connectivity index (χ2v) is 2.99. The number of amides is 1. The third kappa shape index (κ3) is 11.0. The summed E-state index contributed by atoms with van der Waals surface area (Å²) in [5.74, 6) is 0.620. The Kier molecular flexibility index (Phi) is 21.7. The maximum Gasteiger partial charge on any atom is 0 e. The van der Waals surface area contributed by atoms with Crippen molar-refractivity contribution in [3.63, 3.8) is 0 Å². The molecule has 0 aromatic heterocycles. The van der Waals surface area contributed by atoms with E-state index in [1.807, 2.05) is 43.2 Å². The molecule has 0 spiro atoms. The topological polar surface area (TPSA) is 88.8 Å². The molecule has 1 aliphatic carbocycles. The molecular weight excluding hydrogens is 444 g/mol. The Balaban J connectivity index is -0.000000414. The van der Waals surface area contributed by atoms with E-state index < -0.39 is 0 Å². The van der Waals surface area contributed by atoms with Gasteiger partial charge in [-0.1, -0.05) is 18.2 Å². The molecule has 106 valence electrons. The summed E-state index contributed by atoms with van der Waals surface area (Å²) in [7, 11) is 0. The molecule has 6 radical (unpaired) electrons. The Labute approximate surface area is 138 Å². The summed E-state index contributed by atoms with van der Waals surface area (Å²) in [4.78, 5) is 11.6. The van der Waals surface area contributed by atoms with Gasteiger partial charge in [0.1, 0.15) is 0 Å². The monoisotopic (exact) mass is 455 g/mol. The van der Waals surface area contributed by atoms with Gasteiger partial charge in [0.2, 0.25) is 5.91 Å². The van der Waals surface area contributed by atoms with Crippen molar-refractivity contribution < 1.29 is 39.2 Å². The first-order valence-electron chi connectivity index (χ1n) is 5.05. The van der Waals surface area contributed by atoms with Gasteiger partial charge in [-0.3, -0.25) is 4.79 Å². The van der Waals surface area contributed by atoms with Gasteiger partial charge in [0, 0.05) is 26.1 Å². The van der Waals surface area contributed by atoms with Gasteiger partial charge in [0.05, 0.1) is 5.92 Å². The fraction of sp³-hybridized carbons (Fsp3) is 0. The quantitative estimate of drug-likeness (QED) is 0.537. The third-order valence-electron chi connectivity index (χ3n) is 1.96. The second-order valence-electron chi connectivity index (χ2n) is 2.99. The zero-order chi connectivity index (χ0) is 15.8. The molecule has 0 aliphatic heterocycles. The number of anilines is 1. The largest absolute Gasteiger partial charge is 0 e. The first kappa shape index (κ1) is 24.6. The van der Waals surface area contributed by atoms with Crippen LogP contribution in [0, 0.1) is 51.6 Å². The van der Waals surface area contributed by atoms with Gasteiger partial charge in [0.15, 0.2) is 0 Å². The molecule has 1 aliphatic rings. The number of hydrogen-bond acceptors (Lipinski definition) is 1. The Hall–Kier alpha value is -1.43. The van der Waals surface area contributed by atoms with E-state index in [9.17, 15) is 4.79 Å². The number of hydrogen-bond donors (Lipinski definition) is 1. The molecule has 1 N–H and O–H groups in total. The number of nitrogens with one attached hydrogen (secondary N) is 1. The fourth-order valence-electron chi connectivity index (χ4n) is 1.25. The van der Waals surface area contributed by atoms with Gasteiger partial charge in [-0.05, 0) is 37.8 Å². The number of rotatable bonds is 2. The van der Waals surface area contributed by atoms with Crippen LogP contribution in [0.1, 0.15) is 0 Å². The van der Waals surface area contributed by atoms with E-state index in [1.165, 1.54) is 0 Å². The maximum absolute atomic E-state index is 11.6. The second kappa shape index (κ2) is 18.6. The average Bonchev–Trinajstić information content (AvgIpc) is 3.09. The summed E-state index contributed by atoms with van der Waals surface area (Å²) in [6.07, 6.45) is 7.27. The molecule has 2 rings (SSSR count). The van der Waals surface area contributed by atoms with Gasteiger partial charge in [0.25, 0.3) is 0 Å². The van der Waals surface area contributed by atoms with Gasteiger partial charge in [-0.2, -0.15) is 0 Å². The van der Waals surface area contributed by atoms with Crippen molar-refractivity contribution in [3.05, 3.63) is 81.9 Å². The Bertz CT molecular complexity index is 408. The summed E-state index contributed by atoms with van der Waals surface area (Å²) in [6.45, 7) is 13.5. The van der Waals surface area contributed by atoms with Gasteiger partial charge < -0.3 is 5.32 Å². The van der Waals surface area contributed by atoms with Crippen LogP contribution in [0.4, 0.5) is 5.69 Å². The summed E-state index contributed by atoms with van der Waals surface area (Å²) in [5.41, 5.74) is 0.818. The number of para-hydroxylation sites is 1. The molecule has 1 fully saturated rings. The molecule has 6 heteroatoms. The molecular formula is C15H10NO4Re. The van der Waals surface area contributed by atoms with E-state index in [0.29, 0.717) is 5.92 Å². The first-order chi connectivity index (χ1) is 9.86. The predicted octanol–water partition coefficient (Wildman–Crippen LogP) is 1.92. The minimum absolute atomic E-state index is 0. The predicted molar refractivity (Wildman–Crippen MR) is 67.3 cm³/mol. The van der Waals surface area contributed by atoms with Crippen LogP contribution in [0.2, 0.25) is 0 Å². The molecule has 0 bridgehead atoms. The number of benzene rings is 1. The van der Waals surface area contributed by atoms with Crippen LogP contribution in [0.25, 0.3) is 0 Å². The smallest absolute Gasteiger partial charge is 0 e. The molecule has 0 heterocycles. The van der Waals surface area contributed by atoms with Crippen molar-refractivity contribution >= 4 is 11.6 Å². The molecule has 21 heavy (non-hydrogen) atoms. The van der Waals surface area contributed by atoms with Crippen LogP contribution < -0.4 is 5.32 Å². The maximum atomic E-state index is 11.6. The zero-order valence-electron chi connectivity index (χ0n) is 10.7. The van der Waals surface area contributed by atoms with E-state index in [0.717, 1.165) is 5.69 Å². The molecule has 0 unspecified atom stereocenters. The Morgan fingerprint density at radius 1 is 0.857 bits per heavy atom. The van der Waals surface area contributed by atoms with Crippen molar-refractivity contribution in [3.8, 4) is 0 Å². The minimum atomic E-state index is -0.0683. The average molecular weight is 454 g/mol. The molecule has 1 aromatic rings. The van der Waals surface area contributed by atoms with Gasteiger partial charge in [-0.25, -0.2) is 0 Å². The molecule has 5 nitrogen and oxygen atoms in total. The third-order valence-corrected chi connectivity index (χ3v) is 1.96. The summed E-state index contributed by atoms with van der Waals surface area (Å²) in [5, 5.41) is 2.81. The molecule has 0 atom stereocenters. The van der Waals surface area contributed by atoms with Crippen molar-refractivity contribution in [1.82, 2.24) is 0 Å². The Morgan fingerprint density at radius 3 is 1.71 bits per heavy atom. The Morgan fingerprint density at radius 2 is 1.29 bits per heavy atom. The molecule has 1 aromatic carbocycles. The van der Waals surface area contributed by atoms with E-state index >= 15 is 0 Å². The summed E-state index contributed by atoms with van der Waals surface area (Å²) >= 11 is 0. The van der Waals surface area contributed by atoms with Crippen LogP contribution >= 0.6 is 0 Å². The van der Waals surface area contributed by atoms with Crippen molar-refractivity contribution in [1.29, 1.82) is 0 Å². The minimum Gasteiger partial charge on any atom is 0 e. The van der Waals surface area contributed by atoms with Crippen LogP contribution in [0.3, 0.4) is 0 Å². The first-order valence-corrected chi connectivity index (χ1v) is 5.05. The number of carbonyl (C=O) groups is 1. The van der Waals surface area contributed by atoms with Crippen molar-refractivity contribution in [2.24, 2.45) is 0 Å². The normalized spacial score (nSPS) is 11.5. The summed E-state index contributed by atoms with van der Waals surface area (Å²) < 4.78 is 22.5. The van der Waals surface area contributed by atoms with Crippen LogP contribution in [0.5, 0.6) is 0 Å². The van der Waals surface area contributed by atoms with Crippen molar-refractivity contribution in [2.75, 3.05) is 5.32 Å². The van der Waals surface area contributed by atoms with E-state index in [1.54, 1.807) is 12.8 Å². The van der Waals surface area contributed by atoms with Crippen molar-refractivity contribution in [2.45, 2.75) is 0 Å². The van der Waals surface area contributed by atoms with Crippen LogP contribution in [0.15, 0.2) is 30.3 Å². The van der Waals surface area contributed by atoms with Gasteiger partial charge >= 0.3 is 33.9 Å². The standard InChI is InChI=1S/C12H10NO.3CO.Re/c14-12(10-6-4-5-7-10)13-11-8-2-1-3-9-11;3*1-2;/h1-9H,(H,13,14);;;;. The molecule has 0 saturated heterocycles. The SMILES string of the molecule is O=C(Nc1ccccc1)[C]1[CH][CH][CH][CH]1.[C-]#[O+].[C-]#[O+].[C-]#[O+].[Re]. The molecule has 1 saturated carbocycles. The van der Waals surface area contributed by atoms with Gasteiger partial charge in [-0.15, -0.1) is 0 Å². The summed E-state index contributed by atoms with van der Waals surface area (Å²) in [6, 6.07) is 9.42. The zero-order valence-corrected chi connectivity index (χ0v) is 13.4. The molecule has 1 amide bonds. The van der Waals surface area contributed by atoms with E-state index in [4.69, 9.17) is 14.0 Å². The fourth-order valence-corrected chi connectivity index (χ4v) is 1.25.